The second-order valence-electron chi connectivity index (χ2n) is 2.42. The maximum absolute atomic E-state index is 10.3. The van der Waals surface area contributed by atoms with E-state index < -0.39 is 10.3 Å². The summed E-state index contributed by atoms with van der Waals surface area (Å²) in [5.41, 5.74) is 0.724. The molecule has 0 saturated carbocycles. The highest BCUT2D eigenvalue weighted by atomic mass is 35.5. The Morgan fingerprint density at radius 1 is 1.31 bits per heavy atom. The van der Waals surface area contributed by atoms with E-state index in [1.807, 2.05) is 4.72 Å². The van der Waals surface area contributed by atoms with E-state index in [2.05, 4.69) is 0 Å². The van der Waals surface area contributed by atoms with Crippen LogP contribution < -0.4 is 4.72 Å². The van der Waals surface area contributed by atoms with Gasteiger partial charge in [0.25, 0.3) is 0 Å². The van der Waals surface area contributed by atoms with Crippen LogP contribution in [-0.2, 0) is 16.8 Å². The summed E-state index contributed by atoms with van der Waals surface area (Å²) in [4.78, 5) is 0. The zero-order chi connectivity index (χ0) is 9.90. The predicted molar refractivity (Wildman–Crippen MR) is 49.8 cm³/mol. The van der Waals surface area contributed by atoms with Crippen LogP contribution in [0.25, 0.3) is 0 Å². The molecule has 0 saturated heterocycles. The van der Waals surface area contributed by atoms with Crippen LogP contribution >= 0.6 is 11.6 Å². The minimum atomic E-state index is -4.12. The molecule has 0 heterocycles. The molecule has 0 amide bonds. The largest absolute Gasteiger partial charge is 0.333 e. The third-order valence-corrected chi connectivity index (χ3v) is 2.13. The van der Waals surface area contributed by atoms with Crippen molar-refractivity contribution in [2.75, 3.05) is 0 Å². The van der Waals surface area contributed by atoms with Gasteiger partial charge in [0.05, 0.1) is 0 Å². The SMILES string of the molecule is O=S(=O)(O)NCc1ccc(Cl)cc1. The maximum Gasteiger partial charge on any atom is 0.333 e. The first-order valence-corrected chi connectivity index (χ1v) is 5.26. The smallest absolute Gasteiger partial charge is 0.273 e. The molecule has 1 aromatic rings. The number of hydrogen-bond acceptors (Lipinski definition) is 2. The Labute approximate surface area is 81.4 Å². The fraction of sp³-hybridized carbons (Fsp3) is 0.143. The zero-order valence-corrected chi connectivity index (χ0v) is 8.14. The van der Waals surface area contributed by atoms with E-state index in [0.29, 0.717) is 5.02 Å². The lowest BCUT2D eigenvalue weighted by Crippen LogP contribution is -2.21. The molecule has 1 aromatic carbocycles. The average Bonchev–Trinajstić information content (AvgIpc) is 2.02. The van der Waals surface area contributed by atoms with E-state index in [-0.39, 0.29) is 6.54 Å². The van der Waals surface area contributed by atoms with Gasteiger partial charge in [0, 0.05) is 11.6 Å². The van der Waals surface area contributed by atoms with Gasteiger partial charge in [-0.3, -0.25) is 4.55 Å². The summed E-state index contributed by atoms with van der Waals surface area (Å²) in [5, 5.41) is 0.579. The van der Waals surface area contributed by atoms with Gasteiger partial charge in [0.1, 0.15) is 0 Å². The van der Waals surface area contributed by atoms with Gasteiger partial charge in [-0.05, 0) is 17.7 Å². The molecule has 13 heavy (non-hydrogen) atoms. The predicted octanol–water partition coefficient (Wildman–Crippen LogP) is 1.23. The Hall–Kier alpha value is -0.620. The molecule has 0 radical (unpaired) electrons. The fourth-order valence-corrected chi connectivity index (χ4v) is 1.25. The summed E-state index contributed by atoms with van der Waals surface area (Å²) in [6.07, 6.45) is 0. The normalized spacial score (nSPS) is 11.5. The van der Waals surface area contributed by atoms with E-state index >= 15 is 0 Å². The van der Waals surface area contributed by atoms with E-state index in [4.69, 9.17) is 16.2 Å². The molecule has 0 aromatic heterocycles. The second-order valence-corrected chi connectivity index (χ2v) is 4.10. The highest BCUT2D eigenvalue weighted by Gasteiger charge is 2.01. The van der Waals surface area contributed by atoms with Crippen LogP contribution in [0.3, 0.4) is 0 Å². The molecule has 0 spiro atoms. The first-order chi connectivity index (χ1) is 5.97. The number of rotatable bonds is 3. The van der Waals surface area contributed by atoms with Crippen LogP contribution in [0.5, 0.6) is 0 Å². The van der Waals surface area contributed by atoms with Crippen molar-refractivity contribution < 1.29 is 13.0 Å². The fourth-order valence-electron chi connectivity index (χ4n) is 0.777. The lowest BCUT2D eigenvalue weighted by atomic mass is 10.2. The third kappa shape index (κ3) is 4.23. The molecule has 1 rings (SSSR count). The van der Waals surface area contributed by atoms with Gasteiger partial charge in [0.2, 0.25) is 0 Å². The van der Waals surface area contributed by atoms with Gasteiger partial charge >= 0.3 is 10.3 Å². The van der Waals surface area contributed by atoms with Gasteiger partial charge in [-0.15, -0.1) is 0 Å². The maximum atomic E-state index is 10.3. The summed E-state index contributed by atoms with van der Waals surface area (Å²) in [5.74, 6) is 0. The van der Waals surface area contributed by atoms with Crippen molar-refractivity contribution in [3.05, 3.63) is 34.9 Å². The van der Waals surface area contributed by atoms with Gasteiger partial charge in [0.15, 0.2) is 0 Å². The number of nitrogens with one attached hydrogen (secondary N) is 1. The van der Waals surface area contributed by atoms with Gasteiger partial charge in [-0.2, -0.15) is 13.1 Å². The quantitative estimate of drug-likeness (QED) is 0.755. The van der Waals surface area contributed by atoms with Crippen LogP contribution in [0.15, 0.2) is 24.3 Å². The van der Waals surface area contributed by atoms with E-state index in [1.54, 1.807) is 24.3 Å². The average molecular weight is 222 g/mol. The Kier molecular flexibility index (Phi) is 3.27. The molecule has 0 aliphatic carbocycles. The van der Waals surface area contributed by atoms with Crippen molar-refractivity contribution >= 4 is 21.9 Å². The summed E-state index contributed by atoms with van der Waals surface area (Å²) >= 11 is 5.61. The van der Waals surface area contributed by atoms with Crippen molar-refractivity contribution in [3.8, 4) is 0 Å². The summed E-state index contributed by atoms with van der Waals surface area (Å²) in [6.45, 7) is 0.0516. The minimum Gasteiger partial charge on any atom is -0.273 e. The number of benzene rings is 1. The van der Waals surface area contributed by atoms with Gasteiger partial charge in [-0.1, -0.05) is 23.7 Å². The highest BCUT2D eigenvalue weighted by Crippen LogP contribution is 2.09. The Morgan fingerprint density at radius 3 is 2.31 bits per heavy atom. The molecular weight excluding hydrogens is 214 g/mol. The molecule has 0 aliphatic heterocycles. The lowest BCUT2D eigenvalue weighted by Gasteiger charge is -2.00. The molecule has 0 aliphatic rings. The number of halogens is 1. The Morgan fingerprint density at radius 2 is 1.85 bits per heavy atom. The molecule has 72 valence electrons. The minimum absolute atomic E-state index is 0.0516. The van der Waals surface area contributed by atoms with E-state index in [1.165, 1.54) is 0 Å². The molecule has 0 fully saturated rings. The zero-order valence-electron chi connectivity index (χ0n) is 6.57. The van der Waals surface area contributed by atoms with E-state index in [9.17, 15) is 8.42 Å². The van der Waals surface area contributed by atoms with Crippen molar-refractivity contribution in [2.24, 2.45) is 0 Å². The first-order valence-electron chi connectivity index (χ1n) is 3.44. The summed E-state index contributed by atoms with van der Waals surface area (Å²) in [7, 11) is -4.12. The van der Waals surface area contributed by atoms with Crippen LogP contribution in [-0.4, -0.2) is 13.0 Å². The third-order valence-electron chi connectivity index (χ3n) is 1.37. The number of hydrogen-bond donors (Lipinski definition) is 2. The molecule has 0 unspecified atom stereocenters. The summed E-state index contributed by atoms with van der Waals surface area (Å²) in [6, 6.07) is 6.62. The lowest BCUT2D eigenvalue weighted by molar-refractivity contribution is 0.467. The van der Waals surface area contributed by atoms with Crippen molar-refractivity contribution in [2.45, 2.75) is 6.54 Å². The molecule has 6 heteroatoms. The Balaban J connectivity index is 2.61. The second kappa shape index (κ2) is 4.06. The van der Waals surface area contributed by atoms with Gasteiger partial charge < -0.3 is 0 Å². The van der Waals surface area contributed by atoms with Crippen molar-refractivity contribution in [3.63, 3.8) is 0 Å². The van der Waals surface area contributed by atoms with Crippen LogP contribution in [0, 0.1) is 0 Å². The van der Waals surface area contributed by atoms with Crippen LogP contribution in [0.2, 0.25) is 5.02 Å². The standard InChI is InChI=1S/C7H8ClNO3S/c8-7-3-1-6(2-4-7)5-9-13(10,11)12/h1-4,9H,5H2,(H,10,11,12). The Bertz CT molecular complexity index is 373. The van der Waals surface area contributed by atoms with Gasteiger partial charge in [-0.25, -0.2) is 0 Å². The monoisotopic (exact) mass is 221 g/mol. The molecule has 0 atom stereocenters. The molecular formula is C7H8ClNO3S. The topological polar surface area (TPSA) is 66.4 Å². The molecule has 4 nitrogen and oxygen atoms in total. The highest BCUT2D eigenvalue weighted by molar-refractivity contribution is 7.83. The summed E-state index contributed by atoms with van der Waals surface area (Å²) < 4.78 is 30.9. The molecule has 0 bridgehead atoms. The van der Waals surface area contributed by atoms with Crippen LogP contribution in [0.4, 0.5) is 0 Å². The van der Waals surface area contributed by atoms with E-state index in [0.717, 1.165) is 5.56 Å². The van der Waals surface area contributed by atoms with Crippen molar-refractivity contribution in [1.29, 1.82) is 0 Å². The van der Waals surface area contributed by atoms with Crippen molar-refractivity contribution in [1.82, 2.24) is 4.72 Å². The first kappa shape index (κ1) is 10.5. The molecule has 2 N–H and O–H groups in total. The van der Waals surface area contributed by atoms with Crippen LogP contribution in [0.1, 0.15) is 5.56 Å².